The Kier molecular flexibility index (Phi) is 4.04. The minimum absolute atomic E-state index is 0.284. The van der Waals surface area contributed by atoms with Gasteiger partial charge in [-0.3, -0.25) is 0 Å². The van der Waals surface area contributed by atoms with Gasteiger partial charge in [0.1, 0.15) is 5.03 Å². The lowest BCUT2D eigenvalue weighted by molar-refractivity contribution is 0.0697. The number of carbonyl (C=O) groups is 1. The number of thioether (sulfide) groups is 1. The predicted octanol–water partition coefficient (Wildman–Crippen LogP) is 3.07. The molecule has 2 aromatic rings. The van der Waals surface area contributed by atoms with Crippen LogP contribution in [0.5, 0.6) is 0 Å². The molecule has 0 atom stereocenters. The fourth-order valence-corrected chi connectivity index (χ4v) is 2.21. The number of carboxylic acids is 1. The van der Waals surface area contributed by atoms with E-state index in [1.165, 1.54) is 0 Å². The molecule has 0 radical (unpaired) electrons. The highest BCUT2D eigenvalue weighted by Gasteiger charge is 2.04. The first-order chi connectivity index (χ1) is 8.70. The van der Waals surface area contributed by atoms with Crippen molar-refractivity contribution in [2.75, 3.05) is 5.75 Å². The number of aromatic nitrogens is 2. The number of carboxylic acid groups (broad SMARTS) is 1. The topological polar surface area (TPSA) is 55.1 Å². The van der Waals surface area contributed by atoms with Gasteiger partial charge in [-0.05, 0) is 42.5 Å². The van der Waals surface area contributed by atoms with E-state index in [-0.39, 0.29) is 5.56 Å². The normalized spacial score (nSPS) is 10.5. The van der Waals surface area contributed by atoms with Gasteiger partial charge in [0.05, 0.1) is 11.3 Å². The Balaban J connectivity index is 2.15. The number of hydrogen-bond acceptors (Lipinski definition) is 3. The fourth-order valence-electron chi connectivity index (χ4n) is 1.49. The van der Waals surface area contributed by atoms with Gasteiger partial charge in [0.2, 0.25) is 0 Å². The van der Waals surface area contributed by atoms with E-state index in [9.17, 15) is 4.79 Å². The standard InChI is InChI=1S/C13H14N2O2S/c1-2-9-18-12-7-8-15(14-12)11-5-3-10(4-6-11)13(16)17/h3-8H,2,9H2,1H3,(H,16,17). The SMILES string of the molecule is CCCSc1ccn(-c2ccc(C(=O)O)cc2)n1. The summed E-state index contributed by atoms with van der Waals surface area (Å²) in [6.07, 6.45) is 3.00. The van der Waals surface area contributed by atoms with E-state index in [4.69, 9.17) is 5.11 Å². The molecule has 0 fully saturated rings. The van der Waals surface area contributed by atoms with E-state index in [1.54, 1.807) is 40.7 Å². The van der Waals surface area contributed by atoms with Crippen LogP contribution >= 0.6 is 11.8 Å². The van der Waals surface area contributed by atoms with Crippen molar-refractivity contribution in [2.45, 2.75) is 18.4 Å². The van der Waals surface area contributed by atoms with Crippen LogP contribution in [-0.4, -0.2) is 26.6 Å². The lowest BCUT2D eigenvalue weighted by atomic mass is 10.2. The fraction of sp³-hybridized carbons (Fsp3) is 0.231. The molecule has 0 amide bonds. The van der Waals surface area contributed by atoms with Crippen LogP contribution in [0.2, 0.25) is 0 Å². The molecule has 0 aliphatic rings. The highest BCUT2D eigenvalue weighted by atomic mass is 32.2. The molecule has 0 bridgehead atoms. The molecule has 5 heteroatoms. The largest absolute Gasteiger partial charge is 0.478 e. The van der Waals surface area contributed by atoms with Crippen LogP contribution in [0, 0.1) is 0 Å². The molecule has 1 aromatic carbocycles. The second-order valence-corrected chi connectivity index (χ2v) is 4.91. The summed E-state index contributed by atoms with van der Waals surface area (Å²) in [5.74, 6) is 0.135. The monoisotopic (exact) mass is 262 g/mol. The molecule has 1 aromatic heterocycles. The zero-order valence-corrected chi connectivity index (χ0v) is 10.9. The molecule has 0 aliphatic heterocycles. The molecule has 2 rings (SSSR count). The molecule has 4 nitrogen and oxygen atoms in total. The Morgan fingerprint density at radius 2 is 2.06 bits per heavy atom. The lowest BCUT2D eigenvalue weighted by Crippen LogP contribution is -1.98. The molecule has 0 saturated carbocycles. The molecular formula is C13H14N2O2S. The van der Waals surface area contributed by atoms with E-state index in [0.29, 0.717) is 0 Å². The van der Waals surface area contributed by atoms with E-state index in [2.05, 4.69) is 12.0 Å². The summed E-state index contributed by atoms with van der Waals surface area (Å²) in [5, 5.41) is 14.2. The van der Waals surface area contributed by atoms with Crippen LogP contribution in [0.15, 0.2) is 41.6 Å². The quantitative estimate of drug-likeness (QED) is 0.841. The molecule has 0 aliphatic carbocycles. The van der Waals surface area contributed by atoms with Crippen molar-refractivity contribution >= 4 is 17.7 Å². The molecule has 94 valence electrons. The molecule has 0 spiro atoms. The van der Waals surface area contributed by atoms with Gasteiger partial charge in [0, 0.05) is 6.20 Å². The summed E-state index contributed by atoms with van der Waals surface area (Å²) >= 11 is 1.72. The van der Waals surface area contributed by atoms with Crippen LogP contribution in [0.1, 0.15) is 23.7 Å². The van der Waals surface area contributed by atoms with Crippen molar-refractivity contribution in [2.24, 2.45) is 0 Å². The maximum atomic E-state index is 10.7. The minimum atomic E-state index is -0.916. The van der Waals surface area contributed by atoms with Crippen LogP contribution in [-0.2, 0) is 0 Å². The Morgan fingerprint density at radius 1 is 1.33 bits per heavy atom. The summed E-state index contributed by atoms with van der Waals surface area (Å²) in [5.41, 5.74) is 1.15. The van der Waals surface area contributed by atoms with Gasteiger partial charge >= 0.3 is 5.97 Å². The van der Waals surface area contributed by atoms with Gasteiger partial charge in [-0.25, -0.2) is 9.48 Å². The summed E-state index contributed by atoms with van der Waals surface area (Å²) < 4.78 is 1.75. The van der Waals surface area contributed by atoms with Gasteiger partial charge in [-0.2, -0.15) is 5.10 Å². The van der Waals surface area contributed by atoms with Crippen LogP contribution in [0.25, 0.3) is 5.69 Å². The Hall–Kier alpha value is -1.75. The summed E-state index contributed by atoms with van der Waals surface area (Å²) in [7, 11) is 0. The average molecular weight is 262 g/mol. The van der Waals surface area contributed by atoms with Crippen LogP contribution in [0.3, 0.4) is 0 Å². The molecular weight excluding hydrogens is 248 g/mol. The molecule has 18 heavy (non-hydrogen) atoms. The minimum Gasteiger partial charge on any atom is -0.478 e. The van der Waals surface area contributed by atoms with E-state index < -0.39 is 5.97 Å². The van der Waals surface area contributed by atoms with Gasteiger partial charge in [-0.1, -0.05) is 6.92 Å². The second-order valence-electron chi connectivity index (χ2n) is 3.80. The first-order valence-electron chi connectivity index (χ1n) is 5.73. The number of aromatic carboxylic acids is 1. The summed E-state index contributed by atoms with van der Waals surface area (Å²) in [4.78, 5) is 10.7. The Morgan fingerprint density at radius 3 is 2.67 bits per heavy atom. The van der Waals surface area contributed by atoms with Crippen molar-refractivity contribution in [3.63, 3.8) is 0 Å². The third-order valence-electron chi connectivity index (χ3n) is 2.40. The predicted molar refractivity (Wildman–Crippen MR) is 71.5 cm³/mol. The van der Waals surface area contributed by atoms with Crippen molar-refractivity contribution in [1.29, 1.82) is 0 Å². The second kappa shape index (κ2) is 5.73. The lowest BCUT2D eigenvalue weighted by Gasteiger charge is -2.01. The number of hydrogen-bond donors (Lipinski definition) is 1. The third-order valence-corrected chi connectivity index (χ3v) is 3.52. The molecule has 1 heterocycles. The number of benzene rings is 1. The average Bonchev–Trinajstić information content (AvgIpc) is 2.85. The number of rotatable bonds is 5. The Bertz CT molecular complexity index is 534. The van der Waals surface area contributed by atoms with Gasteiger partial charge in [0.15, 0.2) is 0 Å². The van der Waals surface area contributed by atoms with Crippen molar-refractivity contribution in [3.8, 4) is 5.69 Å². The van der Waals surface area contributed by atoms with Crippen LogP contribution < -0.4 is 0 Å². The van der Waals surface area contributed by atoms with Gasteiger partial charge in [-0.15, -0.1) is 11.8 Å². The molecule has 0 unspecified atom stereocenters. The first kappa shape index (κ1) is 12.7. The Labute approximate surface area is 110 Å². The number of nitrogens with zero attached hydrogens (tertiary/aromatic N) is 2. The van der Waals surface area contributed by atoms with Gasteiger partial charge < -0.3 is 5.11 Å². The maximum absolute atomic E-state index is 10.7. The third kappa shape index (κ3) is 2.92. The van der Waals surface area contributed by atoms with Crippen molar-refractivity contribution < 1.29 is 9.90 Å². The smallest absolute Gasteiger partial charge is 0.335 e. The highest BCUT2D eigenvalue weighted by Crippen LogP contribution is 2.18. The van der Waals surface area contributed by atoms with Crippen LogP contribution in [0.4, 0.5) is 0 Å². The van der Waals surface area contributed by atoms with E-state index >= 15 is 0 Å². The van der Waals surface area contributed by atoms with Crippen molar-refractivity contribution in [1.82, 2.24) is 9.78 Å². The maximum Gasteiger partial charge on any atom is 0.335 e. The molecule has 1 N–H and O–H groups in total. The van der Waals surface area contributed by atoms with E-state index in [1.807, 2.05) is 12.3 Å². The molecule has 0 saturated heterocycles. The highest BCUT2D eigenvalue weighted by molar-refractivity contribution is 7.99. The van der Waals surface area contributed by atoms with Gasteiger partial charge in [0.25, 0.3) is 0 Å². The first-order valence-corrected chi connectivity index (χ1v) is 6.71. The zero-order valence-electron chi connectivity index (χ0n) is 10.0. The van der Waals surface area contributed by atoms with E-state index in [0.717, 1.165) is 22.9 Å². The van der Waals surface area contributed by atoms with Crippen molar-refractivity contribution in [3.05, 3.63) is 42.1 Å². The summed E-state index contributed by atoms with van der Waals surface area (Å²) in [6, 6.07) is 8.64. The summed E-state index contributed by atoms with van der Waals surface area (Å²) in [6.45, 7) is 2.13. The zero-order chi connectivity index (χ0) is 13.0.